The minimum atomic E-state index is -0.231. The molecule has 2 aromatic carbocycles. The van der Waals surface area contributed by atoms with Crippen LogP contribution >= 0.6 is 11.6 Å². The summed E-state index contributed by atoms with van der Waals surface area (Å²) in [7, 11) is 2.03. The zero-order valence-electron chi connectivity index (χ0n) is 10.9. The van der Waals surface area contributed by atoms with Crippen LogP contribution in [0.2, 0.25) is 0 Å². The molecule has 19 heavy (non-hydrogen) atoms. The van der Waals surface area contributed by atoms with Crippen LogP contribution in [0.4, 0.5) is 4.39 Å². The van der Waals surface area contributed by atoms with E-state index in [9.17, 15) is 4.39 Å². The molecule has 0 radical (unpaired) electrons. The second kappa shape index (κ2) is 6.69. The topological polar surface area (TPSA) is 3.24 Å². The van der Waals surface area contributed by atoms with Gasteiger partial charge in [-0.3, -0.25) is 0 Å². The first-order valence-electron chi connectivity index (χ1n) is 6.27. The SMILES string of the molecule is CN(Cc1ccccc1)CC(Cl)c1ccc(F)cc1. The second-order valence-corrected chi connectivity index (χ2v) is 5.23. The summed E-state index contributed by atoms with van der Waals surface area (Å²) < 4.78 is 12.8. The Kier molecular flexibility index (Phi) is 4.94. The Morgan fingerprint density at radius 2 is 1.68 bits per heavy atom. The third-order valence-electron chi connectivity index (χ3n) is 3.00. The van der Waals surface area contributed by atoms with Crippen molar-refractivity contribution in [2.24, 2.45) is 0 Å². The summed E-state index contributed by atoms with van der Waals surface area (Å²) in [4.78, 5) is 2.16. The van der Waals surface area contributed by atoms with Gasteiger partial charge >= 0.3 is 0 Å². The maximum atomic E-state index is 12.8. The van der Waals surface area contributed by atoms with Crippen LogP contribution in [0.5, 0.6) is 0 Å². The van der Waals surface area contributed by atoms with Crippen molar-refractivity contribution in [2.75, 3.05) is 13.6 Å². The molecule has 1 nitrogen and oxygen atoms in total. The Bertz CT molecular complexity index is 498. The molecule has 0 aliphatic carbocycles. The summed E-state index contributed by atoms with van der Waals surface area (Å²) in [5, 5.41) is -0.130. The number of halogens is 2. The van der Waals surface area contributed by atoms with Crippen molar-refractivity contribution in [3.63, 3.8) is 0 Å². The van der Waals surface area contributed by atoms with E-state index >= 15 is 0 Å². The van der Waals surface area contributed by atoms with Crippen molar-refractivity contribution in [3.8, 4) is 0 Å². The normalized spacial score (nSPS) is 12.6. The van der Waals surface area contributed by atoms with Crippen LogP contribution in [-0.4, -0.2) is 18.5 Å². The molecule has 0 N–H and O–H groups in total. The average molecular weight is 278 g/mol. The van der Waals surface area contributed by atoms with E-state index in [2.05, 4.69) is 17.0 Å². The van der Waals surface area contributed by atoms with Gasteiger partial charge in [0.2, 0.25) is 0 Å². The molecule has 1 atom stereocenters. The van der Waals surface area contributed by atoms with Crippen molar-refractivity contribution >= 4 is 11.6 Å². The number of hydrogen-bond acceptors (Lipinski definition) is 1. The zero-order chi connectivity index (χ0) is 13.7. The number of rotatable bonds is 5. The molecular formula is C16H17ClFN. The predicted octanol–water partition coefficient (Wildman–Crippen LogP) is 4.24. The number of alkyl halides is 1. The standard InChI is InChI=1S/C16H17ClFN/c1-19(11-13-5-3-2-4-6-13)12-16(17)14-7-9-15(18)10-8-14/h2-10,16H,11-12H2,1H3. The third-order valence-corrected chi connectivity index (χ3v) is 3.39. The Labute approximate surface area is 118 Å². The van der Waals surface area contributed by atoms with Crippen molar-refractivity contribution < 1.29 is 4.39 Å². The summed E-state index contributed by atoms with van der Waals surface area (Å²) in [5.74, 6) is -0.231. The maximum absolute atomic E-state index is 12.8. The summed E-state index contributed by atoms with van der Waals surface area (Å²) in [6, 6.07) is 16.6. The fraction of sp³-hybridized carbons (Fsp3) is 0.250. The van der Waals surface area contributed by atoms with Crippen LogP contribution in [0.15, 0.2) is 54.6 Å². The van der Waals surface area contributed by atoms with E-state index in [1.165, 1.54) is 17.7 Å². The average Bonchev–Trinajstić information content (AvgIpc) is 2.40. The van der Waals surface area contributed by atoms with Gasteiger partial charge in [-0.05, 0) is 30.3 Å². The Hall–Kier alpha value is -1.38. The highest BCUT2D eigenvalue weighted by molar-refractivity contribution is 6.21. The lowest BCUT2D eigenvalue weighted by Gasteiger charge is -2.20. The van der Waals surface area contributed by atoms with Gasteiger partial charge in [0.15, 0.2) is 0 Å². The summed E-state index contributed by atoms with van der Waals surface area (Å²) >= 11 is 6.36. The van der Waals surface area contributed by atoms with Gasteiger partial charge in [0.05, 0.1) is 5.38 Å². The van der Waals surface area contributed by atoms with Gasteiger partial charge in [0, 0.05) is 13.1 Å². The Balaban J connectivity index is 1.91. The first-order chi connectivity index (χ1) is 9.15. The summed E-state index contributed by atoms with van der Waals surface area (Å²) in [6.07, 6.45) is 0. The summed E-state index contributed by atoms with van der Waals surface area (Å²) in [6.45, 7) is 1.58. The molecule has 0 fully saturated rings. The molecule has 0 saturated heterocycles. The minimum absolute atomic E-state index is 0.130. The van der Waals surface area contributed by atoms with Gasteiger partial charge in [0.25, 0.3) is 0 Å². The lowest BCUT2D eigenvalue weighted by atomic mass is 10.1. The van der Waals surface area contributed by atoms with Gasteiger partial charge in [-0.25, -0.2) is 4.39 Å². The van der Waals surface area contributed by atoms with Crippen molar-refractivity contribution in [3.05, 3.63) is 71.5 Å². The summed E-state index contributed by atoms with van der Waals surface area (Å²) in [5.41, 5.74) is 2.20. The minimum Gasteiger partial charge on any atom is -0.300 e. The van der Waals surface area contributed by atoms with Gasteiger partial charge in [0.1, 0.15) is 5.82 Å². The van der Waals surface area contributed by atoms with Crippen molar-refractivity contribution in [1.82, 2.24) is 4.90 Å². The van der Waals surface area contributed by atoms with E-state index in [0.29, 0.717) is 0 Å². The molecule has 0 aliphatic heterocycles. The highest BCUT2D eigenvalue weighted by Crippen LogP contribution is 2.22. The van der Waals surface area contributed by atoms with Gasteiger partial charge in [-0.15, -0.1) is 11.6 Å². The van der Waals surface area contributed by atoms with Gasteiger partial charge < -0.3 is 4.90 Å². The van der Waals surface area contributed by atoms with E-state index < -0.39 is 0 Å². The molecule has 0 amide bonds. The fourth-order valence-electron chi connectivity index (χ4n) is 2.01. The number of nitrogens with zero attached hydrogens (tertiary/aromatic N) is 1. The molecule has 3 heteroatoms. The van der Waals surface area contributed by atoms with Crippen LogP contribution in [0.3, 0.4) is 0 Å². The van der Waals surface area contributed by atoms with Crippen molar-refractivity contribution in [1.29, 1.82) is 0 Å². The van der Waals surface area contributed by atoms with Crippen LogP contribution in [-0.2, 0) is 6.54 Å². The smallest absolute Gasteiger partial charge is 0.123 e. The molecule has 1 unspecified atom stereocenters. The second-order valence-electron chi connectivity index (χ2n) is 4.70. The number of benzene rings is 2. The van der Waals surface area contributed by atoms with E-state index in [0.717, 1.165) is 18.7 Å². The van der Waals surface area contributed by atoms with E-state index in [4.69, 9.17) is 11.6 Å². The fourth-order valence-corrected chi connectivity index (χ4v) is 2.39. The predicted molar refractivity (Wildman–Crippen MR) is 77.8 cm³/mol. The molecule has 0 saturated carbocycles. The lowest BCUT2D eigenvalue weighted by molar-refractivity contribution is 0.327. The molecule has 2 rings (SSSR count). The number of hydrogen-bond donors (Lipinski definition) is 0. The van der Waals surface area contributed by atoms with Gasteiger partial charge in [-0.1, -0.05) is 42.5 Å². The molecule has 0 bridgehead atoms. The van der Waals surface area contributed by atoms with Crippen LogP contribution in [0, 0.1) is 5.82 Å². The Morgan fingerprint density at radius 1 is 1.05 bits per heavy atom. The molecule has 0 aliphatic rings. The molecule has 0 spiro atoms. The quantitative estimate of drug-likeness (QED) is 0.739. The first-order valence-corrected chi connectivity index (χ1v) is 6.71. The monoisotopic (exact) mass is 277 g/mol. The maximum Gasteiger partial charge on any atom is 0.123 e. The van der Waals surface area contributed by atoms with Crippen LogP contribution in [0.25, 0.3) is 0 Å². The van der Waals surface area contributed by atoms with Gasteiger partial charge in [-0.2, -0.15) is 0 Å². The molecular weight excluding hydrogens is 261 g/mol. The third kappa shape index (κ3) is 4.34. The van der Waals surface area contributed by atoms with Crippen LogP contribution < -0.4 is 0 Å². The molecule has 2 aromatic rings. The van der Waals surface area contributed by atoms with Crippen LogP contribution in [0.1, 0.15) is 16.5 Å². The molecule has 0 aromatic heterocycles. The van der Waals surface area contributed by atoms with E-state index in [-0.39, 0.29) is 11.2 Å². The van der Waals surface area contributed by atoms with E-state index in [1.54, 1.807) is 12.1 Å². The number of likely N-dealkylation sites (N-methyl/N-ethyl adjacent to an activating group) is 1. The highest BCUT2D eigenvalue weighted by atomic mass is 35.5. The zero-order valence-corrected chi connectivity index (χ0v) is 11.6. The molecule has 100 valence electrons. The Morgan fingerprint density at radius 3 is 2.32 bits per heavy atom. The first kappa shape index (κ1) is 14.0. The largest absolute Gasteiger partial charge is 0.300 e. The lowest BCUT2D eigenvalue weighted by Crippen LogP contribution is -2.22. The van der Waals surface area contributed by atoms with E-state index in [1.807, 2.05) is 25.2 Å². The molecule has 0 heterocycles. The highest BCUT2D eigenvalue weighted by Gasteiger charge is 2.11. The van der Waals surface area contributed by atoms with Crippen molar-refractivity contribution in [2.45, 2.75) is 11.9 Å².